The standard InChI is InChI=1S/C23H30O4SSi/c1-15(2)29(16(3)4,17(5)6)25-14-19-8-10-21(27-19)23-12-11-22(28-23)20-9-7-18(13-24)26-20/h7-13,15-17H,14H2,1-6H3. The Bertz CT molecular complexity index is 926. The van der Waals surface area contributed by atoms with Crippen LogP contribution in [0, 0.1) is 0 Å². The highest BCUT2D eigenvalue weighted by atomic mass is 32.1. The van der Waals surface area contributed by atoms with E-state index in [1.807, 2.05) is 30.3 Å². The average Bonchev–Trinajstić information content (AvgIpc) is 3.40. The van der Waals surface area contributed by atoms with Crippen LogP contribution >= 0.6 is 11.3 Å². The van der Waals surface area contributed by atoms with Crippen LogP contribution in [0.2, 0.25) is 16.6 Å². The first kappa shape index (κ1) is 21.8. The lowest BCUT2D eigenvalue weighted by Gasteiger charge is -2.41. The Morgan fingerprint density at radius 3 is 1.93 bits per heavy atom. The molecule has 0 atom stereocenters. The average molecular weight is 431 g/mol. The summed E-state index contributed by atoms with van der Waals surface area (Å²) in [7, 11) is -1.92. The molecule has 3 aromatic rings. The quantitative estimate of drug-likeness (QED) is 0.257. The number of thiophene rings is 1. The van der Waals surface area contributed by atoms with E-state index in [2.05, 4.69) is 41.5 Å². The third-order valence-electron chi connectivity index (χ3n) is 5.67. The van der Waals surface area contributed by atoms with Crippen molar-refractivity contribution in [2.45, 2.75) is 64.8 Å². The maximum atomic E-state index is 10.8. The second-order valence-electron chi connectivity index (χ2n) is 8.36. The van der Waals surface area contributed by atoms with E-state index >= 15 is 0 Å². The SMILES string of the molecule is CC(C)[Si](OCc1ccc(-c2ccc(-c3ccc(C=O)o3)s2)o1)(C(C)C)C(C)C. The van der Waals surface area contributed by atoms with Gasteiger partial charge in [0.05, 0.1) is 16.4 Å². The summed E-state index contributed by atoms with van der Waals surface area (Å²) in [4.78, 5) is 12.8. The number of hydrogen-bond donors (Lipinski definition) is 0. The molecule has 0 saturated heterocycles. The predicted octanol–water partition coefficient (Wildman–Crippen LogP) is 7.77. The topological polar surface area (TPSA) is 52.6 Å². The summed E-state index contributed by atoms with van der Waals surface area (Å²) in [5, 5.41) is 0. The normalized spacial score (nSPS) is 12.4. The highest BCUT2D eigenvalue weighted by Gasteiger charge is 2.45. The van der Waals surface area contributed by atoms with Crippen LogP contribution in [0.25, 0.3) is 21.3 Å². The lowest BCUT2D eigenvalue weighted by atomic mass is 10.3. The van der Waals surface area contributed by atoms with Gasteiger partial charge in [-0.3, -0.25) is 4.79 Å². The fraction of sp³-hybridized carbons (Fsp3) is 0.435. The predicted molar refractivity (Wildman–Crippen MR) is 121 cm³/mol. The minimum atomic E-state index is -1.92. The molecule has 0 aliphatic heterocycles. The first-order chi connectivity index (χ1) is 13.8. The van der Waals surface area contributed by atoms with Crippen molar-refractivity contribution in [2.24, 2.45) is 0 Å². The van der Waals surface area contributed by atoms with E-state index in [0.717, 1.165) is 21.3 Å². The van der Waals surface area contributed by atoms with Crippen LogP contribution in [0.5, 0.6) is 0 Å². The van der Waals surface area contributed by atoms with Gasteiger partial charge in [0, 0.05) is 0 Å². The number of carbonyl (C=O) groups excluding carboxylic acids is 1. The summed E-state index contributed by atoms with van der Waals surface area (Å²) in [6.07, 6.45) is 0.714. The minimum absolute atomic E-state index is 0.334. The zero-order chi connectivity index (χ0) is 21.2. The number of aldehydes is 1. The molecule has 0 radical (unpaired) electrons. The van der Waals surface area contributed by atoms with Crippen LogP contribution in [0.1, 0.15) is 57.9 Å². The molecule has 3 aromatic heterocycles. The molecular weight excluding hydrogens is 400 g/mol. The van der Waals surface area contributed by atoms with Crippen molar-refractivity contribution in [3.05, 3.63) is 47.9 Å². The van der Waals surface area contributed by atoms with Crippen molar-refractivity contribution < 1.29 is 18.1 Å². The summed E-state index contributed by atoms with van der Waals surface area (Å²) >= 11 is 1.58. The molecule has 0 bridgehead atoms. The number of hydrogen-bond acceptors (Lipinski definition) is 5. The molecule has 3 heterocycles. The summed E-state index contributed by atoms with van der Waals surface area (Å²) in [6.45, 7) is 14.2. The van der Waals surface area contributed by atoms with Crippen molar-refractivity contribution in [1.29, 1.82) is 0 Å². The molecule has 29 heavy (non-hydrogen) atoms. The molecule has 0 N–H and O–H groups in total. The van der Waals surface area contributed by atoms with Crippen molar-refractivity contribution in [3.8, 4) is 21.3 Å². The summed E-state index contributed by atoms with van der Waals surface area (Å²) in [5.74, 6) is 2.71. The Kier molecular flexibility index (Phi) is 6.66. The van der Waals surface area contributed by atoms with Crippen LogP contribution in [0.4, 0.5) is 0 Å². The van der Waals surface area contributed by atoms with Gasteiger partial charge in [-0.15, -0.1) is 11.3 Å². The van der Waals surface area contributed by atoms with Crippen molar-refractivity contribution >= 4 is 25.9 Å². The van der Waals surface area contributed by atoms with E-state index in [9.17, 15) is 4.79 Å². The Morgan fingerprint density at radius 2 is 1.41 bits per heavy atom. The van der Waals surface area contributed by atoms with E-state index < -0.39 is 8.32 Å². The van der Waals surface area contributed by atoms with Gasteiger partial charge < -0.3 is 13.3 Å². The van der Waals surface area contributed by atoms with E-state index in [-0.39, 0.29) is 0 Å². The lowest BCUT2D eigenvalue weighted by Crippen LogP contribution is -2.47. The van der Waals surface area contributed by atoms with Gasteiger partial charge in [0.15, 0.2) is 12.0 Å². The number of furan rings is 2. The van der Waals surface area contributed by atoms with E-state index in [1.165, 1.54) is 0 Å². The molecule has 0 aliphatic carbocycles. The van der Waals surface area contributed by atoms with Gasteiger partial charge in [-0.05, 0) is 53.0 Å². The van der Waals surface area contributed by atoms with Crippen LogP contribution in [-0.2, 0) is 11.0 Å². The third-order valence-corrected chi connectivity index (χ3v) is 12.8. The zero-order valence-electron chi connectivity index (χ0n) is 18.0. The van der Waals surface area contributed by atoms with E-state index in [0.29, 0.717) is 41.0 Å². The van der Waals surface area contributed by atoms with Gasteiger partial charge in [-0.2, -0.15) is 0 Å². The maximum Gasteiger partial charge on any atom is 0.201 e. The molecule has 0 aromatic carbocycles. The van der Waals surface area contributed by atoms with Gasteiger partial charge >= 0.3 is 0 Å². The largest absolute Gasteiger partial charge is 0.458 e. The summed E-state index contributed by atoms with van der Waals surface area (Å²) in [5.41, 5.74) is 1.63. The zero-order valence-corrected chi connectivity index (χ0v) is 19.8. The molecule has 0 amide bonds. The van der Waals surface area contributed by atoms with Crippen molar-refractivity contribution in [2.75, 3.05) is 0 Å². The minimum Gasteiger partial charge on any atom is -0.458 e. The Morgan fingerprint density at radius 1 is 0.862 bits per heavy atom. The Balaban J connectivity index is 1.75. The van der Waals surface area contributed by atoms with Gasteiger partial charge in [0.1, 0.15) is 17.3 Å². The van der Waals surface area contributed by atoms with E-state index in [4.69, 9.17) is 13.3 Å². The lowest BCUT2D eigenvalue weighted by molar-refractivity contribution is 0.110. The molecule has 0 aliphatic rings. The molecule has 156 valence electrons. The van der Waals surface area contributed by atoms with Crippen LogP contribution in [0.15, 0.2) is 45.2 Å². The number of rotatable bonds is 9. The summed E-state index contributed by atoms with van der Waals surface area (Å²) in [6, 6.07) is 11.5. The fourth-order valence-electron chi connectivity index (χ4n) is 4.44. The third kappa shape index (κ3) is 4.34. The molecule has 3 rings (SSSR count). The number of carbonyl (C=O) groups is 1. The first-order valence-corrected chi connectivity index (χ1v) is 13.1. The highest BCUT2D eigenvalue weighted by Crippen LogP contribution is 2.43. The van der Waals surface area contributed by atoms with E-state index in [1.54, 1.807) is 17.4 Å². The first-order valence-electron chi connectivity index (χ1n) is 10.2. The molecule has 0 fully saturated rings. The molecule has 6 heteroatoms. The van der Waals surface area contributed by atoms with Gasteiger partial charge in [-0.1, -0.05) is 41.5 Å². The molecule has 0 spiro atoms. The van der Waals surface area contributed by atoms with Crippen molar-refractivity contribution in [3.63, 3.8) is 0 Å². The van der Waals surface area contributed by atoms with Crippen LogP contribution < -0.4 is 0 Å². The second kappa shape index (κ2) is 8.86. The second-order valence-corrected chi connectivity index (χ2v) is 14.9. The smallest absolute Gasteiger partial charge is 0.201 e. The van der Waals surface area contributed by atoms with Crippen LogP contribution in [-0.4, -0.2) is 14.6 Å². The molecule has 4 nitrogen and oxygen atoms in total. The van der Waals surface area contributed by atoms with Crippen molar-refractivity contribution in [1.82, 2.24) is 0 Å². The van der Waals surface area contributed by atoms with Gasteiger partial charge in [0.2, 0.25) is 8.32 Å². The Hall–Kier alpha value is -1.89. The highest BCUT2D eigenvalue weighted by molar-refractivity contribution is 7.18. The van der Waals surface area contributed by atoms with Gasteiger partial charge in [0.25, 0.3) is 0 Å². The van der Waals surface area contributed by atoms with Crippen LogP contribution in [0.3, 0.4) is 0 Å². The monoisotopic (exact) mass is 430 g/mol. The summed E-state index contributed by atoms with van der Waals surface area (Å²) < 4.78 is 18.3. The maximum absolute atomic E-state index is 10.8. The molecular formula is C23H30O4SSi. The molecule has 0 unspecified atom stereocenters. The van der Waals surface area contributed by atoms with Gasteiger partial charge in [-0.25, -0.2) is 0 Å². The Labute approximate surface area is 178 Å². The molecule has 0 saturated carbocycles. The fourth-order valence-corrected chi connectivity index (χ4v) is 10.8.